The smallest absolute Gasteiger partial charge is 0.246 e. The van der Waals surface area contributed by atoms with Crippen molar-refractivity contribution >= 4 is 27.9 Å². The van der Waals surface area contributed by atoms with Crippen LogP contribution in [0.2, 0.25) is 0 Å². The normalized spacial score (nSPS) is 10.8. The fourth-order valence-electron chi connectivity index (χ4n) is 2.24. The molecular formula is C19H20BrNO2. The largest absolute Gasteiger partial charge is 0.496 e. The lowest BCUT2D eigenvalue weighted by molar-refractivity contribution is -0.125. The second kappa shape index (κ2) is 7.97. The van der Waals surface area contributed by atoms with E-state index in [1.165, 1.54) is 5.56 Å². The van der Waals surface area contributed by atoms with Gasteiger partial charge in [-0.15, -0.1) is 0 Å². The molecule has 0 heterocycles. The summed E-state index contributed by atoms with van der Waals surface area (Å²) in [6.45, 7) is 2.64. The maximum Gasteiger partial charge on any atom is 0.246 e. The van der Waals surface area contributed by atoms with E-state index in [1.54, 1.807) is 31.2 Å². The molecule has 0 unspecified atom stereocenters. The van der Waals surface area contributed by atoms with Gasteiger partial charge in [-0.05, 0) is 42.3 Å². The summed E-state index contributed by atoms with van der Waals surface area (Å²) < 4.78 is 6.25. The predicted molar refractivity (Wildman–Crippen MR) is 97.4 cm³/mol. The molecule has 0 saturated carbocycles. The fourth-order valence-corrected chi connectivity index (χ4v) is 2.62. The van der Waals surface area contributed by atoms with Crippen molar-refractivity contribution < 1.29 is 9.53 Å². The number of rotatable bonds is 5. The molecule has 23 heavy (non-hydrogen) atoms. The van der Waals surface area contributed by atoms with Crippen molar-refractivity contribution in [3.05, 3.63) is 69.7 Å². The van der Waals surface area contributed by atoms with Gasteiger partial charge in [0, 0.05) is 29.7 Å². The average Bonchev–Trinajstić information content (AvgIpc) is 2.54. The summed E-state index contributed by atoms with van der Waals surface area (Å²) in [6, 6.07) is 13.8. The van der Waals surface area contributed by atoms with Crippen molar-refractivity contribution in [2.45, 2.75) is 13.5 Å². The molecule has 0 saturated heterocycles. The van der Waals surface area contributed by atoms with E-state index in [0.717, 1.165) is 21.3 Å². The van der Waals surface area contributed by atoms with Gasteiger partial charge in [0.2, 0.25) is 5.91 Å². The minimum atomic E-state index is -0.0460. The van der Waals surface area contributed by atoms with Gasteiger partial charge in [-0.1, -0.05) is 40.2 Å². The van der Waals surface area contributed by atoms with Crippen LogP contribution in [0.4, 0.5) is 0 Å². The van der Waals surface area contributed by atoms with Gasteiger partial charge in [0.05, 0.1) is 7.11 Å². The number of hydrogen-bond acceptors (Lipinski definition) is 2. The number of ether oxygens (including phenoxy) is 1. The lowest BCUT2D eigenvalue weighted by atomic mass is 10.1. The fraction of sp³-hybridized carbons (Fsp3) is 0.211. The molecule has 0 aliphatic carbocycles. The van der Waals surface area contributed by atoms with Gasteiger partial charge < -0.3 is 9.64 Å². The summed E-state index contributed by atoms with van der Waals surface area (Å²) in [6.07, 6.45) is 3.35. The number of likely N-dealkylation sites (N-methyl/N-ethyl adjacent to an activating group) is 1. The number of amides is 1. The summed E-state index contributed by atoms with van der Waals surface area (Å²) in [5, 5.41) is 0. The third-order valence-corrected chi connectivity index (χ3v) is 4.14. The van der Waals surface area contributed by atoms with Gasteiger partial charge in [-0.25, -0.2) is 0 Å². The number of carbonyl (C=O) groups is 1. The molecule has 0 aromatic heterocycles. The summed E-state index contributed by atoms with van der Waals surface area (Å²) in [7, 11) is 3.42. The summed E-state index contributed by atoms with van der Waals surface area (Å²) in [5.74, 6) is 0.689. The molecular weight excluding hydrogens is 354 g/mol. The van der Waals surface area contributed by atoms with Crippen molar-refractivity contribution in [3.8, 4) is 5.75 Å². The quantitative estimate of drug-likeness (QED) is 0.725. The second-order valence-electron chi connectivity index (χ2n) is 5.34. The van der Waals surface area contributed by atoms with Crippen molar-refractivity contribution in [2.75, 3.05) is 14.2 Å². The number of benzene rings is 2. The van der Waals surface area contributed by atoms with E-state index in [9.17, 15) is 4.79 Å². The number of carbonyl (C=O) groups excluding carboxylic acids is 1. The highest BCUT2D eigenvalue weighted by molar-refractivity contribution is 9.10. The highest BCUT2D eigenvalue weighted by atomic mass is 79.9. The SMILES string of the molecule is COc1ccc(Br)cc1/C=C/C(=O)N(C)Cc1ccccc1C. The van der Waals surface area contributed by atoms with Gasteiger partial charge in [0.15, 0.2) is 0 Å². The molecule has 0 spiro atoms. The van der Waals surface area contributed by atoms with E-state index in [-0.39, 0.29) is 5.91 Å². The second-order valence-corrected chi connectivity index (χ2v) is 6.26. The zero-order chi connectivity index (χ0) is 16.8. The van der Waals surface area contributed by atoms with E-state index in [1.807, 2.05) is 36.4 Å². The zero-order valence-corrected chi connectivity index (χ0v) is 15.1. The molecule has 2 aromatic carbocycles. The van der Waals surface area contributed by atoms with Crippen LogP contribution >= 0.6 is 15.9 Å². The first-order chi connectivity index (χ1) is 11.0. The first-order valence-corrected chi connectivity index (χ1v) is 8.12. The predicted octanol–water partition coefficient (Wildman–Crippen LogP) is 4.44. The van der Waals surface area contributed by atoms with E-state index in [2.05, 4.69) is 28.9 Å². The zero-order valence-electron chi connectivity index (χ0n) is 13.5. The molecule has 0 atom stereocenters. The Labute approximate surface area is 145 Å². The molecule has 0 aliphatic rings. The molecule has 0 bridgehead atoms. The Balaban J connectivity index is 2.09. The molecule has 0 N–H and O–H groups in total. The molecule has 2 aromatic rings. The molecule has 1 amide bonds. The number of hydrogen-bond donors (Lipinski definition) is 0. The highest BCUT2D eigenvalue weighted by Gasteiger charge is 2.08. The maximum absolute atomic E-state index is 12.3. The van der Waals surface area contributed by atoms with Gasteiger partial charge in [-0.3, -0.25) is 4.79 Å². The first-order valence-electron chi connectivity index (χ1n) is 7.32. The Bertz CT molecular complexity index is 725. The van der Waals surface area contributed by atoms with Crippen LogP contribution in [-0.2, 0) is 11.3 Å². The first kappa shape index (κ1) is 17.3. The van der Waals surface area contributed by atoms with Crippen LogP contribution in [0.1, 0.15) is 16.7 Å². The van der Waals surface area contributed by atoms with Crippen molar-refractivity contribution in [3.63, 3.8) is 0 Å². The third kappa shape index (κ3) is 4.70. The number of aryl methyl sites for hydroxylation is 1. The lowest BCUT2D eigenvalue weighted by Crippen LogP contribution is -2.24. The molecule has 0 fully saturated rings. The van der Waals surface area contributed by atoms with Crippen LogP contribution in [0, 0.1) is 6.92 Å². The van der Waals surface area contributed by atoms with E-state index < -0.39 is 0 Å². The lowest BCUT2D eigenvalue weighted by Gasteiger charge is -2.16. The van der Waals surface area contributed by atoms with Crippen LogP contribution < -0.4 is 4.74 Å². The monoisotopic (exact) mass is 373 g/mol. The Hall–Kier alpha value is -2.07. The Morgan fingerprint density at radius 3 is 2.70 bits per heavy atom. The Morgan fingerprint density at radius 1 is 1.26 bits per heavy atom. The molecule has 2 rings (SSSR count). The van der Waals surface area contributed by atoms with Crippen LogP contribution in [-0.4, -0.2) is 25.0 Å². The standard InChI is InChI=1S/C19H20BrNO2/c1-14-6-4-5-7-16(14)13-21(2)19(22)11-8-15-12-17(20)9-10-18(15)23-3/h4-12H,13H2,1-3H3/b11-8+. The van der Waals surface area contributed by atoms with Gasteiger partial charge in [-0.2, -0.15) is 0 Å². The number of methoxy groups -OCH3 is 1. The van der Waals surface area contributed by atoms with Crippen molar-refractivity contribution in [1.29, 1.82) is 0 Å². The number of halogens is 1. The molecule has 3 nitrogen and oxygen atoms in total. The summed E-state index contributed by atoms with van der Waals surface area (Å²) >= 11 is 3.43. The summed E-state index contributed by atoms with van der Waals surface area (Å²) in [4.78, 5) is 14.0. The van der Waals surface area contributed by atoms with Crippen molar-refractivity contribution in [2.24, 2.45) is 0 Å². The highest BCUT2D eigenvalue weighted by Crippen LogP contribution is 2.24. The van der Waals surface area contributed by atoms with E-state index in [4.69, 9.17) is 4.74 Å². The minimum absolute atomic E-state index is 0.0460. The Kier molecular flexibility index (Phi) is 5.99. The minimum Gasteiger partial charge on any atom is -0.496 e. The van der Waals surface area contributed by atoms with Crippen LogP contribution in [0.3, 0.4) is 0 Å². The van der Waals surface area contributed by atoms with Gasteiger partial charge in [0.25, 0.3) is 0 Å². The number of nitrogens with zero attached hydrogens (tertiary/aromatic N) is 1. The van der Waals surface area contributed by atoms with Crippen LogP contribution in [0.15, 0.2) is 53.0 Å². The maximum atomic E-state index is 12.3. The summed E-state index contributed by atoms with van der Waals surface area (Å²) in [5.41, 5.74) is 3.20. The average molecular weight is 374 g/mol. The van der Waals surface area contributed by atoms with Gasteiger partial charge >= 0.3 is 0 Å². The van der Waals surface area contributed by atoms with Gasteiger partial charge in [0.1, 0.15) is 5.75 Å². The molecule has 0 aliphatic heterocycles. The van der Waals surface area contributed by atoms with E-state index >= 15 is 0 Å². The topological polar surface area (TPSA) is 29.5 Å². The third-order valence-electron chi connectivity index (χ3n) is 3.64. The van der Waals surface area contributed by atoms with Crippen LogP contribution in [0.5, 0.6) is 5.75 Å². The Morgan fingerprint density at radius 2 is 2.00 bits per heavy atom. The molecule has 0 radical (unpaired) electrons. The van der Waals surface area contributed by atoms with Crippen LogP contribution in [0.25, 0.3) is 6.08 Å². The van der Waals surface area contributed by atoms with Crippen molar-refractivity contribution in [1.82, 2.24) is 4.90 Å². The molecule has 120 valence electrons. The van der Waals surface area contributed by atoms with E-state index in [0.29, 0.717) is 6.54 Å². The molecule has 4 heteroatoms.